The first-order chi connectivity index (χ1) is 29.3. The van der Waals surface area contributed by atoms with Crippen LogP contribution in [0.2, 0.25) is 0 Å². The number of furan rings is 1. The van der Waals surface area contributed by atoms with Crippen LogP contribution in [0.3, 0.4) is 0 Å². The second-order valence-electron chi connectivity index (χ2n) is 16.3. The molecule has 0 saturated heterocycles. The van der Waals surface area contributed by atoms with E-state index < -0.39 is 0 Å². The molecule has 1 aromatic heterocycles. The van der Waals surface area contributed by atoms with Crippen molar-refractivity contribution < 1.29 is 4.42 Å². The first-order valence-corrected chi connectivity index (χ1v) is 20.8. The van der Waals surface area contributed by atoms with Gasteiger partial charge >= 0.3 is 0 Å². The van der Waals surface area contributed by atoms with Crippen LogP contribution in [0, 0.1) is 17.8 Å². The zero-order valence-corrected chi connectivity index (χ0v) is 32.2. The fourth-order valence-corrected chi connectivity index (χ4v) is 10.8. The van der Waals surface area contributed by atoms with E-state index in [1.807, 2.05) is 0 Å². The van der Waals surface area contributed by atoms with Gasteiger partial charge in [0.05, 0.1) is 12.0 Å². The van der Waals surface area contributed by atoms with Gasteiger partial charge < -0.3 is 14.2 Å². The monoisotopic (exact) mass is 754 g/mol. The van der Waals surface area contributed by atoms with E-state index >= 15 is 0 Å². The largest absolute Gasteiger partial charge is 0.455 e. The van der Waals surface area contributed by atoms with Crippen LogP contribution in [0.25, 0.3) is 65.0 Å². The summed E-state index contributed by atoms with van der Waals surface area (Å²) in [7, 11) is 0. The minimum Gasteiger partial charge on any atom is -0.455 e. The van der Waals surface area contributed by atoms with Crippen molar-refractivity contribution in [2.24, 2.45) is 17.8 Å². The summed E-state index contributed by atoms with van der Waals surface area (Å²) in [6.45, 7) is 0. The van der Waals surface area contributed by atoms with Gasteiger partial charge in [-0.2, -0.15) is 0 Å². The average molecular weight is 755 g/mol. The zero-order valence-electron chi connectivity index (χ0n) is 32.2. The number of nitrogens with zero attached hydrogens (tertiary/aromatic N) is 2. The Labute approximate surface area is 342 Å². The first kappa shape index (κ1) is 32.7. The maximum atomic E-state index is 6.67. The molecule has 1 aliphatic heterocycles. The summed E-state index contributed by atoms with van der Waals surface area (Å²) in [5.74, 6) is 0.670. The predicted molar refractivity (Wildman–Crippen MR) is 247 cm³/mol. The molecular weight excluding hydrogens is 717 g/mol. The highest BCUT2D eigenvalue weighted by atomic mass is 16.3. The van der Waals surface area contributed by atoms with Gasteiger partial charge in [0, 0.05) is 56.5 Å². The molecule has 0 amide bonds. The summed E-state index contributed by atoms with van der Waals surface area (Å²) < 4.78 is 6.67. The van der Waals surface area contributed by atoms with Gasteiger partial charge in [-0.1, -0.05) is 152 Å². The van der Waals surface area contributed by atoms with Crippen LogP contribution in [0.5, 0.6) is 0 Å². The van der Waals surface area contributed by atoms with E-state index in [-0.39, 0.29) is 17.9 Å². The van der Waals surface area contributed by atoms with E-state index in [2.05, 4.69) is 216 Å². The molecule has 2 heterocycles. The molecule has 0 fully saturated rings. The van der Waals surface area contributed by atoms with Crippen molar-refractivity contribution in [1.82, 2.24) is 0 Å². The Morgan fingerprint density at radius 3 is 1.93 bits per heavy atom. The molecule has 3 heteroatoms. The molecule has 3 nitrogen and oxygen atoms in total. The fraction of sp³-hybridized carbons (Fsp3) is 0.0714. The van der Waals surface area contributed by atoms with Gasteiger partial charge in [-0.15, -0.1) is 0 Å². The Bertz CT molecular complexity index is 3400. The number of hydrogen-bond acceptors (Lipinski definition) is 3. The van der Waals surface area contributed by atoms with E-state index in [1.54, 1.807) is 0 Å². The number of anilines is 3. The Hall–Kier alpha value is -7.36. The number of hydrogen-bond donors (Lipinski definition) is 0. The van der Waals surface area contributed by atoms with Crippen molar-refractivity contribution in [2.45, 2.75) is 6.04 Å². The minimum atomic E-state index is 0.0801. The van der Waals surface area contributed by atoms with Gasteiger partial charge in [0.2, 0.25) is 0 Å². The molecule has 4 aliphatic rings. The van der Waals surface area contributed by atoms with Gasteiger partial charge in [0.25, 0.3) is 0 Å². The van der Waals surface area contributed by atoms with Crippen molar-refractivity contribution in [1.29, 1.82) is 0 Å². The summed E-state index contributed by atoms with van der Waals surface area (Å²) in [5.41, 5.74) is 9.34. The van der Waals surface area contributed by atoms with E-state index in [9.17, 15) is 0 Å². The molecule has 4 atom stereocenters. The minimum absolute atomic E-state index is 0.0801. The SMILES string of the molecule is C1=CC2C=CC3=C(C2C=C1)N(c1ccccc1)C1C=CC=C(N(c2ccc4oc5c6ccccc6ccc5c4c2)c2ccc4c5ccccc5c5ccccc5c4c2)C31. The Morgan fingerprint density at radius 1 is 0.492 bits per heavy atom. The van der Waals surface area contributed by atoms with Crippen molar-refractivity contribution >= 4 is 82.1 Å². The molecule has 59 heavy (non-hydrogen) atoms. The molecule has 3 aliphatic carbocycles. The topological polar surface area (TPSA) is 19.6 Å². The van der Waals surface area contributed by atoms with Crippen LogP contribution >= 0.6 is 0 Å². The standard InChI is InChI=1S/C56H38N2O/c1-2-15-37(16-3-1)58-52-24-12-23-51(54(52)48-30-26-35-13-4-6-17-40(35)55(48)58)57(39-28-32-53-50(34-39)47-29-25-36-14-5-7-18-41(36)56(47)59-53)38-27-31-46-44-21-9-8-19-42(44)43-20-10-11-22-45(43)49(46)33-38/h1-35,40,52,54H. The number of fused-ring (bicyclic) bond motifs is 15. The maximum Gasteiger partial charge on any atom is 0.143 e. The summed E-state index contributed by atoms with van der Waals surface area (Å²) in [6.07, 6.45) is 21.1. The van der Waals surface area contributed by atoms with Crippen molar-refractivity contribution in [3.05, 3.63) is 223 Å². The molecule has 13 rings (SSSR count). The summed E-state index contributed by atoms with van der Waals surface area (Å²) in [4.78, 5) is 5.17. The molecule has 278 valence electrons. The van der Waals surface area contributed by atoms with Crippen molar-refractivity contribution in [2.75, 3.05) is 9.80 Å². The lowest BCUT2D eigenvalue weighted by Gasteiger charge is -2.38. The third-order valence-electron chi connectivity index (χ3n) is 13.3. The van der Waals surface area contributed by atoms with Crippen LogP contribution < -0.4 is 9.80 Å². The highest BCUT2D eigenvalue weighted by Gasteiger charge is 2.47. The third kappa shape index (κ3) is 4.76. The summed E-state index contributed by atoms with van der Waals surface area (Å²) in [5, 5.41) is 12.2. The second-order valence-corrected chi connectivity index (χ2v) is 16.3. The molecule has 0 bridgehead atoms. The lowest BCUT2D eigenvalue weighted by molar-refractivity contribution is 0.595. The second kappa shape index (κ2) is 12.6. The van der Waals surface area contributed by atoms with Crippen molar-refractivity contribution in [3.63, 3.8) is 0 Å². The first-order valence-electron chi connectivity index (χ1n) is 20.8. The smallest absolute Gasteiger partial charge is 0.143 e. The van der Waals surface area contributed by atoms with E-state index in [0.29, 0.717) is 5.92 Å². The lowest BCUT2D eigenvalue weighted by Crippen LogP contribution is -2.39. The molecule has 9 aromatic rings. The Kier molecular flexibility index (Phi) is 6.97. The zero-order chi connectivity index (χ0) is 38.6. The molecule has 0 radical (unpaired) electrons. The molecular formula is C56H38N2O. The van der Waals surface area contributed by atoms with Crippen LogP contribution in [-0.4, -0.2) is 6.04 Å². The van der Waals surface area contributed by atoms with Crippen LogP contribution in [-0.2, 0) is 0 Å². The fourth-order valence-electron chi connectivity index (χ4n) is 10.8. The number of benzene rings is 8. The van der Waals surface area contributed by atoms with Crippen LogP contribution in [0.1, 0.15) is 0 Å². The summed E-state index contributed by atoms with van der Waals surface area (Å²) in [6, 6.07) is 55.7. The van der Waals surface area contributed by atoms with Gasteiger partial charge in [-0.25, -0.2) is 0 Å². The molecule has 8 aromatic carbocycles. The predicted octanol–water partition coefficient (Wildman–Crippen LogP) is 14.5. The van der Waals surface area contributed by atoms with Crippen LogP contribution in [0.15, 0.2) is 228 Å². The van der Waals surface area contributed by atoms with Gasteiger partial charge in [0.15, 0.2) is 0 Å². The van der Waals surface area contributed by atoms with E-state index in [4.69, 9.17) is 4.42 Å². The normalized spacial score (nSPS) is 20.6. The average Bonchev–Trinajstić information content (AvgIpc) is 3.86. The van der Waals surface area contributed by atoms with E-state index in [1.165, 1.54) is 60.4 Å². The molecule has 4 unspecified atom stereocenters. The number of para-hydroxylation sites is 1. The molecule has 0 saturated carbocycles. The maximum absolute atomic E-state index is 6.67. The Balaban J connectivity index is 1.07. The van der Waals surface area contributed by atoms with Gasteiger partial charge in [-0.3, -0.25) is 0 Å². The highest BCUT2D eigenvalue weighted by molar-refractivity contribution is 6.26. The Morgan fingerprint density at radius 2 is 1.14 bits per heavy atom. The quantitative estimate of drug-likeness (QED) is 0.167. The van der Waals surface area contributed by atoms with Gasteiger partial charge in [-0.05, 0) is 97.9 Å². The van der Waals surface area contributed by atoms with Crippen LogP contribution in [0.4, 0.5) is 17.1 Å². The number of rotatable bonds is 4. The van der Waals surface area contributed by atoms with Gasteiger partial charge in [0.1, 0.15) is 11.2 Å². The molecule has 0 spiro atoms. The van der Waals surface area contributed by atoms with Crippen molar-refractivity contribution in [3.8, 4) is 0 Å². The summed E-state index contributed by atoms with van der Waals surface area (Å²) >= 11 is 0. The third-order valence-corrected chi connectivity index (χ3v) is 13.3. The highest BCUT2D eigenvalue weighted by Crippen LogP contribution is 2.53. The molecule has 0 N–H and O–H groups in total. The van der Waals surface area contributed by atoms with E-state index in [0.717, 1.165) is 38.7 Å². The number of allylic oxidation sites excluding steroid dienone is 8. The lowest BCUT2D eigenvalue weighted by atomic mass is 9.77.